The van der Waals surface area contributed by atoms with Gasteiger partial charge in [-0.3, -0.25) is 4.79 Å². The summed E-state index contributed by atoms with van der Waals surface area (Å²) in [6, 6.07) is 5.01. The van der Waals surface area contributed by atoms with Gasteiger partial charge < -0.3 is 20.5 Å². The van der Waals surface area contributed by atoms with Crippen molar-refractivity contribution in [3.05, 3.63) is 23.8 Å². The molecule has 0 heterocycles. The highest BCUT2D eigenvalue weighted by Crippen LogP contribution is 2.22. The number of aromatic hydroxyl groups is 1. The lowest BCUT2D eigenvalue weighted by Crippen LogP contribution is -2.35. The second kappa shape index (κ2) is 7.63. The van der Waals surface area contributed by atoms with Crippen LogP contribution in [-0.2, 0) is 11.3 Å². The molecule has 5 heteroatoms. The van der Waals surface area contributed by atoms with Crippen LogP contribution in [-0.4, -0.2) is 31.2 Å². The molecule has 0 radical (unpaired) electrons. The predicted octanol–water partition coefficient (Wildman–Crippen LogP) is 1.26. The van der Waals surface area contributed by atoms with E-state index in [1.165, 1.54) is 0 Å². The van der Waals surface area contributed by atoms with Gasteiger partial charge in [-0.05, 0) is 24.1 Å². The van der Waals surface area contributed by atoms with Crippen LogP contribution in [0.25, 0.3) is 0 Å². The third-order valence-electron chi connectivity index (χ3n) is 2.60. The molecule has 0 spiro atoms. The van der Waals surface area contributed by atoms with Gasteiger partial charge in [0.15, 0.2) is 0 Å². The lowest BCUT2D eigenvalue weighted by atomic mass is 10.2. The molecule has 1 aromatic carbocycles. The monoisotopic (exact) mass is 266 g/mol. The van der Waals surface area contributed by atoms with Crippen molar-refractivity contribution in [3.8, 4) is 11.5 Å². The topological polar surface area (TPSA) is 70.6 Å². The third kappa shape index (κ3) is 5.61. The van der Waals surface area contributed by atoms with Crippen LogP contribution in [0.15, 0.2) is 18.2 Å². The summed E-state index contributed by atoms with van der Waals surface area (Å²) in [7, 11) is 1.57. The fourth-order valence-electron chi connectivity index (χ4n) is 1.52. The van der Waals surface area contributed by atoms with E-state index in [1.807, 2.05) is 13.8 Å². The lowest BCUT2D eigenvalue weighted by molar-refractivity contribution is -0.120. The largest absolute Gasteiger partial charge is 0.508 e. The van der Waals surface area contributed by atoms with Crippen molar-refractivity contribution >= 4 is 5.91 Å². The molecule has 0 aliphatic carbocycles. The number of carbonyl (C=O) groups excluding carboxylic acids is 1. The Kier molecular flexibility index (Phi) is 6.15. The normalized spacial score (nSPS) is 10.5. The Balaban J connectivity index is 2.38. The number of carbonyl (C=O) groups is 1. The maximum absolute atomic E-state index is 11.5. The third-order valence-corrected chi connectivity index (χ3v) is 2.60. The summed E-state index contributed by atoms with van der Waals surface area (Å²) in [5, 5.41) is 15.5. The summed E-state index contributed by atoms with van der Waals surface area (Å²) in [5.74, 6) is 1.26. The van der Waals surface area contributed by atoms with Gasteiger partial charge in [0.1, 0.15) is 11.5 Å². The smallest absolute Gasteiger partial charge is 0.233 e. The molecule has 0 aromatic heterocycles. The van der Waals surface area contributed by atoms with E-state index in [0.717, 1.165) is 0 Å². The number of hydrogen-bond donors (Lipinski definition) is 3. The number of benzene rings is 1. The first kappa shape index (κ1) is 15.3. The first-order chi connectivity index (χ1) is 9.02. The molecule has 19 heavy (non-hydrogen) atoms. The molecule has 0 bridgehead atoms. The van der Waals surface area contributed by atoms with Gasteiger partial charge in [-0.25, -0.2) is 0 Å². The SMILES string of the molecule is COc1ccc(O)c(CNCC(=O)NCC(C)C)c1. The highest BCUT2D eigenvalue weighted by Gasteiger charge is 2.05. The van der Waals surface area contributed by atoms with Crippen molar-refractivity contribution in [1.82, 2.24) is 10.6 Å². The van der Waals surface area contributed by atoms with Crippen LogP contribution < -0.4 is 15.4 Å². The highest BCUT2D eigenvalue weighted by molar-refractivity contribution is 5.77. The number of rotatable bonds is 7. The molecular formula is C14H22N2O3. The zero-order chi connectivity index (χ0) is 14.3. The van der Waals surface area contributed by atoms with Crippen LogP contribution in [0.5, 0.6) is 11.5 Å². The van der Waals surface area contributed by atoms with E-state index in [4.69, 9.17) is 4.74 Å². The summed E-state index contributed by atoms with van der Waals surface area (Å²) < 4.78 is 5.08. The molecular weight excluding hydrogens is 244 g/mol. The number of hydrogen-bond acceptors (Lipinski definition) is 4. The summed E-state index contributed by atoms with van der Waals surface area (Å²) in [4.78, 5) is 11.5. The minimum atomic E-state index is -0.0453. The van der Waals surface area contributed by atoms with Crippen LogP contribution in [0.2, 0.25) is 0 Å². The fraction of sp³-hybridized carbons (Fsp3) is 0.500. The van der Waals surface area contributed by atoms with Gasteiger partial charge >= 0.3 is 0 Å². The summed E-state index contributed by atoms with van der Waals surface area (Å²) in [5.41, 5.74) is 0.705. The number of amides is 1. The first-order valence-corrected chi connectivity index (χ1v) is 6.36. The van der Waals surface area contributed by atoms with Crippen LogP contribution in [0.1, 0.15) is 19.4 Å². The Labute approximate surface area is 114 Å². The zero-order valence-electron chi connectivity index (χ0n) is 11.7. The van der Waals surface area contributed by atoms with Crippen molar-refractivity contribution in [1.29, 1.82) is 0 Å². The average Bonchev–Trinajstić information content (AvgIpc) is 2.38. The quantitative estimate of drug-likeness (QED) is 0.695. The van der Waals surface area contributed by atoms with Crippen LogP contribution in [0.3, 0.4) is 0 Å². The van der Waals surface area contributed by atoms with E-state index in [1.54, 1.807) is 25.3 Å². The molecule has 0 unspecified atom stereocenters. The zero-order valence-corrected chi connectivity index (χ0v) is 11.7. The lowest BCUT2D eigenvalue weighted by Gasteiger charge is -2.10. The second-order valence-electron chi connectivity index (χ2n) is 4.80. The molecule has 0 fully saturated rings. The van der Waals surface area contributed by atoms with Gasteiger partial charge in [-0.15, -0.1) is 0 Å². The molecule has 0 saturated heterocycles. The molecule has 1 aromatic rings. The van der Waals surface area contributed by atoms with E-state index >= 15 is 0 Å². The maximum atomic E-state index is 11.5. The predicted molar refractivity (Wildman–Crippen MR) is 74.2 cm³/mol. The van der Waals surface area contributed by atoms with Crippen LogP contribution in [0, 0.1) is 5.92 Å². The Morgan fingerprint density at radius 1 is 1.42 bits per heavy atom. The number of methoxy groups -OCH3 is 1. The maximum Gasteiger partial charge on any atom is 0.233 e. The summed E-state index contributed by atoms with van der Waals surface area (Å²) >= 11 is 0. The van der Waals surface area contributed by atoms with Crippen molar-refractivity contribution in [2.45, 2.75) is 20.4 Å². The first-order valence-electron chi connectivity index (χ1n) is 6.36. The fourth-order valence-corrected chi connectivity index (χ4v) is 1.52. The molecule has 0 atom stereocenters. The number of ether oxygens (including phenoxy) is 1. The van der Waals surface area contributed by atoms with Gasteiger partial charge in [0.2, 0.25) is 5.91 Å². The number of phenols is 1. The number of phenolic OH excluding ortho intramolecular Hbond substituents is 1. The van der Waals surface area contributed by atoms with Gasteiger partial charge in [0.25, 0.3) is 0 Å². The second-order valence-corrected chi connectivity index (χ2v) is 4.80. The van der Waals surface area contributed by atoms with Crippen molar-refractivity contribution in [2.24, 2.45) is 5.92 Å². The minimum absolute atomic E-state index is 0.0453. The Hall–Kier alpha value is -1.75. The molecule has 1 rings (SSSR count). The molecule has 3 N–H and O–H groups in total. The van der Waals surface area contributed by atoms with E-state index in [2.05, 4.69) is 10.6 Å². The van der Waals surface area contributed by atoms with Gasteiger partial charge in [0.05, 0.1) is 13.7 Å². The van der Waals surface area contributed by atoms with E-state index in [9.17, 15) is 9.90 Å². The summed E-state index contributed by atoms with van der Waals surface area (Å²) in [6.07, 6.45) is 0. The molecule has 0 aliphatic heterocycles. The van der Waals surface area contributed by atoms with Crippen molar-refractivity contribution < 1.29 is 14.6 Å². The Bertz CT molecular complexity index is 419. The number of nitrogens with one attached hydrogen (secondary N) is 2. The van der Waals surface area contributed by atoms with Gasteiger partial charge in [-0.1, -0.05) is 13.8 Å². The van der Waals surface area contributed by atoms with E-state index in [-0.39, 0.29) is 18.2 Å². The average molecular weight is 266 g/mol. The summed E-state index contributed by atoms with van der Waals surface area (Å²) in [6.45, 7) is 5.40. The van der Waals surface area contributed by atoms with E-state index < -0.39 is 0 Å². The molecule has 0 aliphatic rings. The molecule has 0 saturated carbocycles. The Morgan fingerprint density at radius 2 is 2.16 bits per heavy atom. The minimum Gasteiger partial charge on any atom is -0.508 e. The van der Waals surface area contributed by atoms with Crippen molar-refractivity contribution in [3.63, 3.8) is 0 Å². The Morgan fingerprint density at radius 3 is 2.79 bits per heavy atom. The molecule has 5 nitrogen and oxygen atoms in total. The highest BCUT2D eigenvalue weighted by atomic mass is 16.5. The van der Waals surface area contributed by atoms with Gasteiger partial charge in [-0.2, -0.15) is 0 Å². The van der Waals surface area contributed by atoms with Crippen molar-refractivity contribution in [2.75, 3.05) is 20.2 Å². The van der Waals surface area contributed by atoms with Crippen LogP contribution in [0.4, 0.5) is 0 Å². The standard InChI is InChI=1S/C14H22N2O3/c1-10(2)7-16-14(18)9-15-8-11-6-12(19-3)4-5-13(11)17/h4-6,10,15,17H,7-9H2,1-3H3,(H,16,18). The van der Waals surface area contributed by atoms with Crippen LogP contribution >= 0.6 is 0 Å². The molecule has 1 amide bonds. The van der Waals surface area contributed by atoms with Gasteiger partial charge in [0, 0.05) is 18.7 Å². The van der Waals surface area contributed by atoms with E-state index in [0.29, 0.717) is 30.3 Å². The molecule has 106 valence electrons.